The number of hydrogen-bond donors (Lipinski definition) is 1. The highest BCUT2D eigenvalue weighted by Crippen LogP contribution is 2.49. The number of Topliss-reactive ketones (excluding diaryl/α,β-unsaturated/α-hetero) is 1. The minimum absolute atomic E-state index is 0.0517. The van der Waals surface area contributed by atoms with Crippen LogP contribution < -0.4 is 0 Å². The van der Waals surface area contributed by atoms with Crippen LogP contribution in [0.4, 0.5) is 0 Å². The van der Waals surface area contributed by atoms with Crippen LogP contribution in [0.15, 0.2) is 11.1 Å². The first-order chi connectivity index (χ1) is 6.98. The lowest BCUT2D eigenvalue weighted by Gasteiger charge is -2.37. The van der Waals surface area contributed by atoms with Crippen LogP contribution in [0, 0.1) is 11.3 Å². The molecule has 0 spiro atoms. The van der Waals surface area contributed by atoms with Gasteiger partial charge in [0.2, 0.25) is 0 Å². The number of carboxylic acid groups (broad SMARTS) is 1. The Morgan fingerprint density at radius 3 is 2.67 bits per heavy atom. The predicted molar refractivity (Wildman–Crippen MR) is 55.4 cm³/mol. The Morgan fingerprint density at radius 1 is 1.40 bits per heavy atom. The maximum absolute atomic E-state index is 11.8. The van der Waals surface area contributed by atoms with E-state index >= 15 is 0 Å². The maximum Gasteiger partial charge on any atom is 0.314 e. The topological polar surface area (TPSA) is 54.4 Å². The molecule has 0 aliphatic heterocycles. The van der Waals surface area contributed by atoms with Crippen LogP contribution in [0.2, 0.25) is 0 Å². The van der Waals surface area contributed by atoms with Crippen molar-refractivity contribution in [1.29, 1.82) is 0 Å². The highest BCUT2D eigenvalue weighted by molar-refractivity contribution is 6.05. The molecule has 1 N–H and O–H groups in total. The molecule has 15 heavy (non-hydrogen) atoms. The number of ketones is 1. The number of carbonyl (C=O) groups excluding carboxylic acids is 1. The van der Waals surface area contributed by atoms with Gasteiger partial charge in [0.1, 0.15) is 0 Å². The van der Waals surface area contributed by atoms with E-state index in [4.69, 9.17) is 0 Å². The smallest absolute Gasteiger partial charge is 0.314 e. The molecule has 2 aliphatic rings. The average Bonchev–Trinajstić information content (AvgIpc) is 2.54. The third-order valence-corrected chi connectivity index (χ3v) is 4.11. The highest BCUT2D eigenvalue weighted by atomic mass is 16.4. The summed E-state index contributed by atoms with van der Waals surface area (Å²) in [5.74, 6) is -0.741. The Balaban J connectivity index is 2.54. The molecule has 2 atom stereocenters. The first kappa shape index (κ1) is 10.4. The van der Waals surface area contributed by atoms with Crippen LogP contribution in [0.5, 0.6) is 0 Å². The van der Waals surface area contributed by atoms with Crippen molar-refractivity contribution in [2.75, 3.05) is 0 Å². The van der Waals surface area contributed by atoms with Crippen molar-refractivity contribution in [3.8, 4) is 0 Å². The summed E-state index contributed by atoms with van der Waals surface area (Å²) in [6.45, 7) is 3.64. The Morgan fingerprint density at radius 2 is 2.07 bits per heavy atom. The molecule has 0 radical (unpaired) electrons. The Hall–Kier alpha value is -1.12. The minimum atomic E-state index is -0.943. The van der Waals surface area contributed by atoms with Crippen molar-refractivity contribution in [2.24, 2.45) is 11.3 Å². The quantitative estimate of drug-likeness (QED) is 0.718. The molecule has 82 valence electrons. The van der Waals surface area contributed by atoms with E-state index in [1.165, 1.54) is 0 Å². The summed E-state index contributed by atoms with van der Waals surface area (Å²) in [5.41, 5.74) is 0.776. The molecule has 0 saturated heterocycles. The summed E-state index contributed by atoms with van der Waals surface area (Å²) in [5, 5.41) is 9.35. The van der Waals surface area contributed by atoms with Gasteiger partial charge in [-0.05, 0) is 32.1 Å². The van der Waals surface area contributed by atoms with Crippen molar-refractivity contribution < 1.29 is 14.7 Å². The fourth-order valence-corrected chi connectivity index (χ4v) is 2.86. The molecular weight excluding hydrogens is 192 g/mol. The number of rotatable bonds is 1. The molecule has 2 aliphatic carbocycles. The lowest BCUT2D eigenvalue weighted by atomic mass is 9.65. The predicted octanol–water partition coefficient (Wildman–Crippen LogP) is 2.17. The van der Waals surface area contributed by atoms with Gasteiger partial charge in [0.25, 0.3) is 0 Å². The first-order valence-electron chi connectivity index (χ1n) is 5.47. The molecule has 0 aromatic carbocycles. The molecule has 0 amide bonds. The Labute approximate surface area is 89.2 Å². The molecule has 0 heterocycles. The molecule has 3 heteroatoms. The van der Waals surface area contributed by atoms with Gasteiger partial charge < -0.3 is 5.11 Å². The van der Waals surface area contributed by atoms with Gasteiger partial charge in [-0.2, -0.15) is 0 Å². The van der Waals surface area contributed by atoms with Gasteiger partial charge in [-0.25, -0.2) is 0 Å². The second kappa shape index (κ2) is 3.19. The summed E-state index contributed by atoms with van der Waals surface area (Å²) in [7, 11) is 0. The maximum atomic E-state index is 11.8. The Bertz CT molecular complexity index is 367. The van der Waals surface area contributed by atoms with Crippen molar-refractivity contribution in [2.45, 2.75) is 39.5 Å². The molecular formula is C12H16O3. The molecule has 2 rings (SSSR count). The molecule has 0 unspecified atom stereocenters. The molecule has 3 nitrogen and oxygen atoms in total. The van der Waals surface area contributed by atoms with Gasteiger partial charge in [-0.3, -0.25) is 9.59 Å². The average molecular weight is 208 g/mol. The fraction of sp³-hybridized carbons (Fsp3) is 0.667. The van der Waals surface area contributed by atoms with E-state index in [1.54, 1.807) is 6.92 Å². The number of hydrogen-bond acceptors (Lipinski definition) is 2. The summed E-state index contributed by atoms with van der Waals surface area (Å²) >= 11 is 0. The van der Waals surface area contributed by atoms with Gasteiger partial charge in [-0.1, -0.05) is 12.5 Å². The van der Waals surface area contributed by atoms with Crippen molar-refractivity contribution in [3.05, 3.63) is 11.1 Å². The highest BCUT2D eigenvalue weighted by Gasteiger charge is 2.50. The van der Waals surface area contributed by atoms with Crippen LogP contribution >= 0.6 is 0 Å². The molecule has 0 saturated carbocycles. The second-order valence-corrected chi connectivity index (χ2v) is 4.85. The largest absolute Gasteiger partial charge is 0.481 e. The zero-order valence-corrected chi connectivity index (χ0v) is 9.17. The fourth-order valence-electron chi connectivity index (χ4n) is 2.86. The summed E-state index contributed by atoms with van der Waals surface area (Å²) < 4.78 is 0. The zero-order chi connectivity index (χ0) is 11.2. The van der Waals surface area contributed by atoms with E-state index in [0.717, 1.165) is 24.8 Å². The number of aliphatic carboxylic acids is 1. The molecule has 0 aromatic heterocycles. The van der Waals surface area contributed by atoms with Crippen molar-refractivity contribution in [1.82, 2.24) is 0 Å². The summed E-state index contributed by atoms with van der Waals surface area (Å²) in [6.07, 6.45) is 3.09. The lowest BCUT2D eigenvalue weighted by Crippen LogP contribution is -2.40. The van der Waals surface area contributed by atoms with Gasteiger partial charge in [0.05, 0.1) is 5.41 Å². The van der Waals surface area contributed by atoms with Crippen LogP contribution in [0.3, 0.4) is 0 Å². The van der Waals surface area contributed by atoms with E-state index in [2.05, 4.69) is 0 Å². The number of allylic oxidation sites excluding steroid dienone is 1. The van der Waals surface area contributed by atoms with Crippen LogP contribution in [-0.4, -0.2) is 16.9 Å². The second-order valence-electron chi connectivity index (χ2n) is 4.85. The van der Waals surface area contributed by atoms with E-state index in [0.29, 0.717) is 12.0 Å². The number of carbonyl (C=O) groups is 2. The normalized spacial score (nSPS) is 35.6. The van der Waals surface area contributed by atoms with Gasteiger partial charge >= 0.3 is 5.97 Å². The third-order valence-electron chi connectivity index (χ3n) is 4.11. The number of carboxylic acids is 1. The van der Waals surface area contributed by atoms with Gasteiger partial charge in [-0.15, -0.1) is 0 Å². The van der Waals surface area contributed by atoms with E-state index in [-0.39, 0.29) is 11.7 Å². The minimum Gasteiger partial charge on any atom is -0.481 e. The van der Waals surface area contributed by atoms with Crippen LogP contribution in [0.25, 0.3) is 0 Å². The monoisotopic (exact) mass is 208 g/mol. The summed E-state index contributed by atoms with van der Waals surface area (Å²) in [4.78, 5) is 23.1. The van der Waals surface area contributed by atoms with Crippen LogP contribution in [0.1, 0.15) is 39.5 Å². The molecule has 0 aromatic rings. The van der Waals surface area contributed by atoms with Gasteiger partial charge in [0.15, 0.2) is 5.78 Å². The molecule has 0 fully saturated rings. The van der Waals surface area contributed by atoms with Crippen molar-refractivity contribution in [3.63, 3.8) is 0 Å². The van der Waals surface area contributed by atoms with E-state index < -0.39 is 11.4 Å². The van der Waals surface area contributed by atoms with Crippen LogP contribution in [-0.2, 0) is 9.59 Å². The zero-order valence-electron chi connectivity index (χ0n) is 9.17. The third kappa shape index (κ3) is 1.25. The SMILES string of the molecule is C[C@H]1CCC2=C(C(=O)CC2)[C@]1(C)C(=O)O. The molecule has 0 bridgehead atoms. The van der Waals surface area contributed by atoms with Gasteiger partial charge in [0, 0.05) is 12.0 Å². The lowest BCUT2D eigenvalue weighted by molar-refractivity contribution is -0.150. The summed E-state index contributed by atoms with van der Waals surface area (Å²) in [6, 6.07) is 0. The first-order valence-corrected chi connectivity index (χ1v) is 5.47. The Kier molecular flexibility index (Phi) is 2.21. The standard InChI is InChI=1S/C12H16O3/c1-7-3-4-8-5-6-9(13)10(8)12(7,2)11(14)15/h7H,3-6H2,1-2H3,(H,14,15)/t7-,12+/m0/s1. The van der Waals surface area contributed by atoms with E-state index in [9.17, 15) is 14.7 Å². The van der Waals surface area contributed by atoms with Crippen molar-refractivity contribution >= 4 is 11.8 Å². The van der Waals surface area contributed by atoms with E-state index in [1.807, 2.05) is 6.92 Å².